The van der Waals surface area contributed by atoms with Gasteiger partial charge in [-0.1, -0.05) is 18.2 Å². The number of carbonyl (C=O) groups is 3. The summed E-state index contributed by atoms with van der Waals surface area (Å²) in [4.78, 5) is 37.0. The van der Waals surface area contributed by atoms with Gasteiger partial charge in [0.05, 0.1) is 36.8 Å². The molecule has 1 unspecified atom stereocenters. The highest BCUT2D eigenvalue weighted by Crippen LogP contribution is 2.30. The summed E-state index contributed by atoms with van der Waals surface area (Å²) in [5, 5.41) is 6.62. The zero-order valence-electron chi connectivity index (χ0n) is 18.7. The number of anilines is 1. The highest BCUT2D eigenvalue weighted by atomic mass is 16.5. The van der Waals surface area contributed by atoms with Gasteiger partial charge in [-0.15, -0.1) is 0 Å². The lowest BCUT2D eigenvalue weighted by atomic mass is 10.1. The fraction of sp³-hybridized carbons (Fsp3) is 0.200. The first-order chi connectivity index (χ1) is 15.8. The van der Waals surface area contributed by atoms with Gasteiger partial charge in [-0.05, 0) is 50.3 Å². The molecule has 0 saturated heterocycles. The van der Waals surface area contributed by atoms with Crippen LogP contribution in [0.25, 0.3) is 17.0 Å². The van der Waals surface area contributed by atoms with Crippen LogP contribution >= 0.6 is 0 Å². The third kappa shape index (κ3) is 3.91. The van der Waals surface area contributed by atoms with Gasteiger partial charge in [0.1, 0.15) is 6.04 Å². The molecule has 0 aliphatic carbocycles. The van der Waals surface area contributed by atoms with Crippen LogP contribution < -0.4 is 5.01 Å². The number of rotatable bonds is 5. The van der Waals surface area contributed by atoms with E-state index in [9.17, 15) is 14.4 Å². The van der Waals surface area contributed by atoms with Crippen molar-refractivity contribution in [2.24, 2.45) is 5.10 Å². The van der Waals surface area contributed by atoms with Crippen molar-refractivity contribution in [1.29, 1.82) is 0 Å². The zero-order chi connectivity index (χ0) is 23.7. The largest absolute Gasteiger partial charge is 0.467 e. The molecule has 1 aliphatic rings. The van der Waals surface area contributed by atoms with E-state index in [0.717, 1.165) is 16.5 Å². The summed E-state index contributed by atoms with van der Waals surface area (Å²) in [7, 11) is 2.67. The molecule has 1 aromatic heterocycles. The molecule has 0 fully saturated rings. The van der Waals surface area contributed by atoms with E-state index in [4.69, 9.17) is 9.47 Å². The van der Waals surface area contributed by atoms with Gasteiger partial charge in [0, 0.05) is 22.7 Å². The summed E-state index contributed by atoms with van der Waals surface area (Å²) >= 11 is 0. The Labute approximate surface area is 190 Å². The molecule has 33 heavy (non-hydrogen) atoms. The Bertz CT molecular complexity index is 1320. The molecule has 0 saturated carbocycles. The number of nitrogens with zero attached hydrogens (tertiary/aromatic N) is 3. The monoisotopic (exact) mass is 445 g/mol. The standard InChI is InChI=1S/C25H23N3O5/c1-15-21(23(29)28(26-15)19-11-9-17(10-12-19)25(31)33-4)13-18-14-27(16(2)24(30)32-3)22-8-6-5-7-20(18)22/h5-14,16H,1-4H3/b21-13-. The number of hydrogen-bond donors (Lipinski definition) is 0. The first-order valence-corrected chi connectivity index (χ1v) is 10.3. The van der Waals surface area contributed by atoms with Gasteiger partial charge in [0.25, 0.3) is 5.91 Å². The Kier molecular flexibility index (Phi) is 5.83. The summed E-state index contributed by atoms with van der Waals surface area (Å²) in [6, 6.07) is 13.6. The maximum atomic E-state index is 13.2. The number of fused-ring (bicyclic) bond motifs is 1. The molecule has 4 rings (SSSR count). The van der Waals surface area contributed by atoms with Gasteiger partial charge in [-0.25, -0.2) is 9.59 Å². The summed E-state index contributed by atoms with van der Waals surface area (Å²) in [5.74, 6) is -1.09. The van der Waals surface area contributed by atoms with E-state index >= 15 is 0 Å². The third-order valence-corrected chi connectivity index (χ3v) is 5.63. The average Bonchev–Trinajstić information content (AvgIpc) is 3.35. The Morgan fingerprint density at radius 3 is 2.39 bits per heavy atom. The van der Waals surface area contributed by atoms with E-state index in [1.165, 1.54) is 19.2 Å². The van der Waals surface area contributed by atoms with Crippen molar-refractivity contribution >= 4 is 46.2 Å². The molecule has 1 atom stereocenters. The highest BCUT2D eigenvalue weighted by Gasteiger charge is 2.29. The minimum Gasteiger partial charge on any atom is -0.467 e. The second-order valence-corrected chi connectivity index (χ2v) is 7.61. The van der Waals surface area contributed by atoms with Gasteiger partial charge < -0.3 is 14.0 Å². The number of hydrazone groups is 1. The first kappa shape index (κ1) is 22.0. The Morgan fingerprint density at radius 2 is 1.73 bits per heavy atom. The molecule has 1 amide bonds. The maximum Gasteiger partial charge on any atom is 0.337 e. The molecule has 168 valence electrons. The van der Waals surface area contributed by atoms with Crippen LogP contribution in [0.15, 0.2) is 65.4 Å². The molecule has 3 aromatic rings. The van der Waals surface area contributed by atoms with E-state index in [1.54, 1.807) is 44.2 Å². The van der Waals surface area contributed by atoms with Gasteiger partial charge in [0.15, 0.2) is 0 Å². The number of methoxy groups -OCH3 is 2. The number of para-hydroxylation sites is 1. The molecule has 8 heteroatoms. The van der Waals surface area contributed by atoms with E-state index in [2.05, 4.69) is 5.10 Å². The van der Waals surface area contributed by atoms with Crippen LogP contribution in [-0.4, -0.2) is 42.3 Å². The van der Waals surface area contributed by atoms with Crippen LogP contribution in [0.4, 0.5) is 5.69 Å². The van der Waals surface area contributed by atoms with Crippen molar-refractivity contribution in [3.05, 3.63) is 71.4 Å². The van der Waals surface area contributed by atoms with Gasteiger partial charge >= 0.3 is 11.9 Å². The smallest absolute Gasteiger partial charge is 0.337 e. The SMILES string of the molecule is COC(=O)c1ccc(N2N=C(C)/C(=C/c3cn(C(C)C(=O)OC)c4ccccc34)C2=O)cc1. The molecule has 2 heterocycles. The van der Waals surface area contributed by atoms with E-state index in [0.29, 0.717) is 22.5 Å². The van der Waals surface area contributed by atoms with Crippen molar-refractivity contribution in [1.82, 2.24) is 4.57 Å². The zero-order valence-corrected chi connectivity index (χ0v) is 18.7. The lowest BCUT2D eigenvalue weighted by molar-refractivity contribution is -0.143. The lowest BCUT2D eigenvalue weighted by Crippen LogP contribution is -2.21. The molecule has 0 spiro atoms. The van der Waals surface area contributed by atoms with E-state index < -0.39 is 12.0 Å². The van der Waals surface area contributed by atoms with E-state index in [1.807, 2.05) is 35.0 Å². The van der Waals surface area contributed by atoms with Gasteiger partial charge in [-0.3, -0.25) is 4.79 Å². The molecule has 1 aliphatic heterocycles. The normalized spacial score (nSPS) is 15.6. The minimum atomic E-state index is -0.522. The maximum absolute atomic E-state index is 13.2. The number of benzene rings is 2. The van der Waals surface area contributed by atoms with Crippen LogP contribution in [0.1, 0.15) is 35.8 Å². The number of esters is 2. The minimum absolute atomic E-state index is 0.281. The number of ether oxygens (including phenoxy) is 2. The topological polar surface area (TPSA) is 90.2 Å². The van der Waals surface area contributed by atoms with Crippen LogP contribution in [0.2, 0.25) is 0 Å². The van der Waals surface area contributed by atoms with Gasteiger partial charge in [-0.2, -0.15) is 10.1 Å². The number of hydrogen-bond acceptors (Lipinski definition) is 6. The predicted octanol–water partition coefficient (Wildman–Crippen LogP) is 3.97. The molecule has 0 N–H and O–H groups in total. The first-order valence-electron chi connectivity index (χ1n) is 10.3. The van der Waals surface area contributed by atoms with Crippen molar-refractivity contribution in [3.63, 3.8) is 0 Å². The summed E-state index contributed by atoms with van der Waals surface area (Å²) in [6.45, 7) is 3.53. The molecule has 0 bridgehead atoms. The highest BCUT2D eigenvalue weighted by molar-refractivity contribution is 6.32. The van der Waals surface area contributed by atoms with Crippen LogP contribution in [0.3, 0.4) is 0 Å². The average molecular weight is 445 g/mol. The van der Waals surface area contributed by atoms with Crippen molar-refractivity contribution in [2.75, 3.05) is 19.2 Å². The molecular formula is C25H23N3O5. The van der Waals surface area contributed by atoms with Crippen molar-refractivity contribution in [3.8, 4) is 0 Å². The fourth-order valence-corrected chi connectivity index (χ4v) is 3.82. The summed E-state index contributed by atoms with van der Waals surface area (Å²) in [6.07, 6.45) is 3.63. The van der Waals surface area contributed by atoms with E-state index in [-0.39, 0.29) is 11.9 Å². The molecule has 2 aromatic carbocycles. The second-order valence-electron chi connectivity index (χ2n) is 7.61. The predicted molar refractivity (Wildman–Crippen MR) is 125 cm³/mol. The summed E-state index contributed by atoms with van der Waals surface area (Å²) < 4.78 is 11.4. The molecular weight excluding hydrogens is 422 g/mol. The van der Waals surface area contributed by atoms with Crippen LogP contribution in [0.5, 0.6) is 0 Å². The van der Waals surface area contributed by atoms with Crippen molar-refractivity contribution < 1.29 is 23.9 Å². The van der Waals surface area contributed by atoms with Crippen LogP contribution in [0, 0.1) is 0 Å². The molecule has 0 radical (unpaired) electrons. The molecule has 8 nitrogen and oxygen atoms in total. The number of amides is 1. The Morgan fingerprint density at radius 1 is 1.03 bits per heavy atom. The number of aromatic nitrogens is 1. The Balaban J connectivity index is 1.71. The third-order valence-electron chi connectivity index (χ3n) is 5.63. The van der Waals surface area contributed by atoms with Crippen molar-refractivity contribution in [2.45, 2.75) is 19.9 Å². The lowest BCUT2D eigenvalue weighted by Gasteiger charge is -2.12. The fourth-order valence-electron chi connectivity index (χ4n) is 3.82. The summed E-state index contributed by atoms with van der Waals surface area (Å²) in [5.41, 5.74) is 3.59. The Hall–Kier alpha value is -4.20. The second kappa shape index (κ2) is 8.74. The van der Waals surface area contributed by atoms with Crippen LogP contribution in [-0.2, 0) is 19.1 Å². The van der Waals surface area contributed by atoms with Gasteiger partial charge in [0.2, 0.25) is 0 Å². The quantitative estimate of drug-likeness (QED) is 0.438. The number of carbonyl (C=O) groups excluding carboxylic acids is 3.